The van der Waals surface area contributed by atoms with Crippen molar-refractivity contribution < 1.29 is 0 Å². The summed E-state index contributed by atoms with van der Waals surface area (Å²) in [5, 5.41) is 4.50. The van der Waals surface area contributed by atoms with E-state index >= 15 is 0 Å². The van der Waals surface area contributed by atoms with Crippen LogP contribution in [0.1, 0.15) is 25.0 Å². The van der Waals surface area contributed by atoms with Gasteiger partial charge in [0.05, 0.1) is 5.69 Å². The molecule has 15 heavy (non-hydrogen) atoms. The molecule has 1 rings (SSSR count). The van der Waals surface area contributed by atoms with Crippen LogP contribution in [-0.4, -0.2) is 16.9 Å². The van der Waals surface area contributed by atoms with Crippen molar-refractivity contribution in [2.45, 2.75) is 25.8 Å². The molecule has 1 N–H and O–H groups in total. The van der Waals surface area contributed by atoms with Gasteiger partial charge in [0.1, 0.15) is 0 Å². The van der Waals surface area contributed by atoms with Gasteiger partial charge in [0.25, 0.3) is 0 Å². The van der Waals surface area contributed by atoms with Gasteiger partial charge in [-0.1, -0.05) is 22.4 Å². The first-order chi connectivity index (χ1) is 7.33. The van der Waals surface area contributed by atoms with Crippen molar-refractivity contribution in [3.63, 3.8) is 0 Å². The lowest BCUT2D eigenvalue weighted by molar-refractivity contribution is 0.613. The second-order valence-corrected chi connectivity index (χ2v) is 5.10. The molecule has 0 saturated carbocycles. The maximum atomic E-state index is 4.30. The molecule has 0 aliphatic rings. The van der Waals surface area contributed by atoms with E-state index in [0.717, 1.165) is 28.6 Å². The summed E-state index contributed by atoms with van der Waals surface area (Å²) >= 11 is 6.80. The van der Waals surface area contributed by atoms with Crippen molar-refractivity contribution in [3.8, 4) is 0 Å². The summed E-state index contributed by atoms with van der Waals surface area (Å²) in [5.74, 6) is 0. The SMILES string of the molecule is BrCCCCCNCc1ccc(Br)cn1. The van der Waals surface area contributed by atoms with Crippen molar-refractivity contribution in [1.82, 2.24) is 10.3 Å². The monoisotopic (exact) mass is 334 g/mol. The van der Waals surface area contributed by atoms with Crippen molar-refractivity contribution >= 4 is 31.9 Å². The van der Waals surface area contributed by atoms with E-state index in [-0.39, 0.29) is 0 Å². The quantitative estimate of drug-likeness (QED) is 0.609. The number of nitrogens with one attached hydrogen (secondary N) is 1. The Hall–Kier alpha value is 0.0700. The van der Waals surface area contributed by atoms with Gasteiger partial charge in [0, 0.05) is 22.5 Å². The highest BCUT2D eigenvalue weighted by atomic mass is 79.9. The number of rotatable bonds is 7. The molecule has 1 aromatic heterocycles. The zero-order valence-electron chi connectivity index (χ0n) is 8.68. The Morgan fingerprint density at radius 1 is 1.20 bits per heavy atom. The first-order valence-corrected chi connectivity index (χ1v) is 7.11. The first-order valence-electron chi connectivity index (χ1n) is 5.20. The number of unbranched alkanes of at least 4 members (excludes halogenated alkanes) is 2. The molecule has 2 nitrogen and oxygen atoms in total. The highest BCUT2D eigenvalue weighted by Gasteiger charge is 1.94. The van der Waals surface area contributed by atoms with Gasteiger partial charge < -0.3 is 5.32 Å². The predicted molar refractivity (Wildman–Crippen MR) is 71.3 cm³/mol. The molecule has 84 valence electrons. The summed E-state index contributed by atoms with van der Waals surface area (Å²) < 4.78 is 1.03. The maximum absolute atomic E-state index is 4.30. The molecule has 0 atom stereocenters. The smallest absolute Gasteiger partial charge is 0.0542 e. The number of alkyl halides is 1. The second kappa shape index (κ2) is 8.25. The third-order valence-corrected chi connectivity index (χ3v) is 3.11. The molecule has 4 heteroatoms. The van der Waals surface area contributed by atoms with Crippen LogP contribution < -0.4 is 5.32 Å². The molecule has 0 spiro atoms. The van der Waals surface area contributed by atoms with Gasteiger partial charge >= 0.3 is 0 Å². The van der Waals surface area contributed by atoms with Crippen LogP contribution in [0.15, 0.2) is 22.8 Å². The first kappa shape index (κ1) is 13.1. The minimum atomic E-state index is 0.863. The molecule has 0 saturated heterocycles. The topological polar surface area (TPSA) is 24.9 Å². The van der Waals surface area contributed by atoms with Crippen LogP contribution in [-0.2, 0) is 6.54 Å². The zero-order chi connectivity index (χ0) is 10.9. The van der Waals surface area contributed by atoms with E-state index in [1.165, 1.54) is 19.3 Å². The highest BCUT2D eigenvalue weighted by Crippen LogP contribution is 2.07. The lowest BCUT2D eigenvalue weighted by Crippen LogP contribution is -2.15. The summed E-state index contributed by atoms with van der Waals surface area (Å²) in [5.41, 5.74) is 1.10. The third kappa shape index (κ3) is 6.28. The molecule has 1 aromatic rings. The Bertz CT molecular complexity index is 262. The van der Waals surface area contributed by atoms with Gasteiger partial charge in [-0.25, -0.2) is 0 Å². The van der Waals surface area contributed by atoms with Crippen molar-refractivity contribution in [2.75, 3.05) is 11.9 Å². The summed E-state index contributed by atoms with van der Waals surface area (Å²) in [7, 11) is 0. The average molecular weight is 336 g/mol. The van der Waals surface area contributed by atoms with Crippen LogP contribution in [0, 0.1) is 0 Å². The van der Waals surface area contributed by atoms with Crippen LogP contribution >= 0.6 is 31.9 Å². The van der Waals surface area contributed by atoms with Crippen molar-refractivity contribution in [2.24, 2.45) is 0 Å². The maximum Gasteiger partial charge on any atom is 0.0542 e. The highest BCUT2D eigenvalue weighted by molar-refractivity contribution is 9.10. The van der Waals surface area contributed by atoms with Crippen LogP contribution in [0.3, 0.4) is 0 Å². The predicted octanol–water partition coefficient (Wildman–Crippen LogP) is 3.50. The van der Waals surface area contributed by atoms with Crippen molar-refractivity contribution in [1.29, 1.82) is 0 Å². The largest absolute Gasteiger partial charge is 0.311 e. The van der Waals surface area contributed by atoms with Crippen LogP contribution in [0.5, 0.6) is 0 Å². The van der Waals surface area contributed by atoms with Crippen LogP contribution in [0.4, 0.5) is 0 Å². The number of halogens is 2. The van der Waals surface area contributed by atoms with Crippen LogP contribution in [0.25, 0.3) is 0 Å². The number of hydrogen-bond donors (Lipinski definition) is 1. The Morgan fingerprint density at radius 2 is 2.07 bits per heavy atom. The molecule has 1 heterocycles. The summed E-state index contributed by atoms with van der Waals surface area (Å²) in [6.45, 7) is 1.94. The Kier molecular flexibility index (Phi) is 7.22. The van der Waals surface area contributed by atoms with E-state index in [0.29, 0.717) is 0 Å². The lowest BCUT2D eigenvalue weighted by Gasteiger charge is -2.03. The fraction of sp³-hybridized carbons (Fsp3) is 0.545. The summed E-state index contributed by atoms with van der Waals surface area (Å²) in [6.07, 6.45) is 5.62. The molecule has 0 aliphatic heterocycles. The van der Waals surface area contributed by atoms with E-state index in [1.807, 2.05) is 18.3 Å². The summed E-state index contributed by atoms with van der Waals surface area (Å²) in [6, 6.07) is 4.06. The normalized spacial score (nSPS) is 10.5. The van der Waals surface area contributed by atoms with Gasteiger partial charge in [-0.2, -0.15) is 0 Å². The van der Waals surface area contributed by atoms with Gasteiger partial charge in [-0.3, -0.25) is 4.98 Å². The van der Waals surface area contributed by atoms with Gasteiger partial charge in [0.2, 0.25) is 0 Å². The Morgan fingerprint density at radius 3 is 2.73 bits per heavy atom. The Balaban J connectivity index is 2.07. The number of nitrogens with zero attached hydrogens (tertiary/aromatic N) is 1. The third-order valence-electron chi connectivity index (χ3n) is 2.08. The van der Waals surface area contributed by atoms with Crippen LogP contribution in [0.2, 0.25) is 0 Å². The fourth-order valence-corrected chi connectivity index (χ4v) is 1.88. The van der Waals surface area contributed by atoms with Gasteiger partial charge in [0.15, 0.2) is 0 Å². The molecule has 0 amide bonds. The van der Waals surface area contributed by atoms with E-state index < -0.39 is 0 Å². The van der Waals surface area contributed by atoms with E-state index in [2.05, 4.69) is 42.2 Å². The summed E-state index contributed by atoms with van der Waals surface area (Å²) in [4.78, 5) is 4.30. The van der Waals surface area contributed by atoms with Gasteiger partial charge in [-0.05, 0) is 47.4 Å². The lowest BCUT2D eigenvalue weighted by atomic mass is 10.2. The average Bonchev–Trinajstić information content (AvgIpc) is 2.26. The van der Waals surface area contributed by atoms with E-state index in [9.17, 15) is 0 Å². The minimum absolute atomic E-state index is 0.863. The molecular formula is C11H16Br2N2. The number of pyridine rings is 1. The van der Waals surface area contributed by atoms with Crippen molar-refractivity contribution in [3.05, 3.63) is 28.5 Å². The molecule has 0 radical (unpaired) electrons. The zero-order valence-corrected chi connectivity index (χ0v) is 11.8. The minimum Gasteiger partial charge on any atom is -0.311 e. The molecule has 0 aromatic carbocycles. The fourth-order valence-electron chi connectivity index (χ4n) is 1.25. The molecular weight excluding hydrogens is 320 g/mol. The standard InChI is InChI=1S/C11H16Br2N2/c12-6-2-1-3-7-14-9-11-5-4-10(13)8-15-11/h4-5,8,14H,1-3,6-7,9H2. The molecule has 0 bridgehead atoms. The van der Waals surface area contributed by atoms with Gasteiger partial charge in [-0.15, -0.1) is 0 Å². The number of aromatic nitrogens is 1. The molecule has 0 unspecified atom stereocenters. The Labute approximate surface area is 108 Å². The second-order valence-electron chi connectivity index (χ2n) is 3.39. The number of hydrogen-bond acceptors (Lipinski definition) is 2. The van der Waals surface area contributed by atoms with E-state index in [1.54, 1.807) is 0 Å². The molecule has 0 aliphatic carbocycles. The molecule has 0 fully saturated rings. The van der Waals surface area contributed by atoms with E-state index in [4.69, 9.17) is 0 Å².